The number of anilines is 1. The summed E-state index contributed by atoms with van der Waals surface area (Å²) in [5.41, 5.74) is 1.53. The van der Waals surface area contributed by atoms with Gasteiger partial charge in [-0.1, -0.05) is 30.2 Å². The Morgan fingerprint density at radius 1 is 1.21 bits per heavy atom. The fraction of sp³-hybridized carbons (Fsp3) is 0.100. The Labute approximate surface area is 163 Å². The summed E-state index contributed by atoms with van der Waals surface area (Å²) in [6.45, 7) is -0.386. The van der Waals surface area contributed by atoms with E-state index in [1.54, 1.807) is 24.3 Å². The second-order valence-electron chi connectivity index (χ2n) is 5.84. The minimum Gasteiger partial charge on any atom is -0.358 e. The Balaban J connectivity index is 2.04. The largest absolute Gasteiger partial charge is 0.358 e. The molecule has 2 aromatic carbocycles. The van der Waals surface area contributed by atoms with Gasteiger partial charge in [-0.25, -0.2) is 13.1 Å². The van der Waals surface area contributed by atoms with Crippen molar-refractivity contribution in [2.24, 2.45) is 0 Å². The number of carbonyl (C=O) groups excluding carboxylic acids is 1. The van der Waals surface area contributed by atoms with Crippen molar-refractivity contribution in [3.05, 3.63) is 72.6 Å². The third kappa shape index (κ3) is 3.89. The van der Waals surface area contributed by atoms with Gasteiger partial charge in [0.05, 0.1) is 23.8 Å². The Bertz CT molecular complexity index is 1130. The molecule has 7 nitrogen and oxygen atoms in total. The van der Waals surface area contributed by atoms with Gasteiger partial charge in [-0.3, -0.25) is 9.10 Å². The molecule has 0 saturated carbocycles. The molecule has 0 aliphatic carbocycles. The van der Waals surface area contributed by atoms with E-state index in [2.05, 4.69) is 16.3 Å². The lowest BCUT2D eigenvalue weighted by Crippen LogP contribution is -2.39. The van der Waals surface area contributed by atoms with E-state index >= 15 is 0 Å². The molecule has 0 fully saturated rings. The first-order valence-electron chi connectivity index (χ1n) is 8.36. The van der Waals surface area contributed by atoms with Gasteiger partial charge >= 0.3 is 0 Å². The average Bonchev–Trinajstić information content (AvgIpc) is 3.23. The van der Waals surface area contributed by atoms with Gasteiger partial charge in [0.1, 0.15) is 11.4 Å². The molecule has 0 aliphatic rings. The van der Waals surface area contributed by atoms with E-state index in [4.69, 9.17) is 6.42 Å². The van der Waals surface area contributed by atoms with Gasteiger partial charge in [0.15, 0.2) is 0 Å². The van der Waals surface area contributed by atoms with Crippen LogP contribution in [0.3, 0.4) is 0 Å². The topological polar surface area (TPSA) is 84.3 Å². The van der Waals surface area contributed by atoms with Crippen LogP contribution in [0.4, 0.5) is 5.69 Å². The Morgan fingerprint density at radius 2 is 1.96 bits per heavy atom. The van der Waals surface area contributed by atoms with Crippen LogP contribution in [-0.4, -0.2) is 37.7 Å². The SMILES string of the molecule is C#Cc1cccc(N(CC(=O)NC)S(=O)(=O)c2cnn(-c3ccccc3)c2)c1. The minimum absolute atomic E-state index is 0.0358. The summed E-state index contributed by atoms with van der Waals surface area (Å²) in [7, 11) is -2.61. The highest BCUT2D eigenvalue weighted by molar-refractivity contribution is 7.92. The van der Waals surface area contributed by atoms with E-state index in [1.807, 2.05) is 30.3 Å². The highest BCUT2D eigenvalue weighted by atomic mass is 32.2. The Hall–Kier alpha value is -3.57. The van der Waals surface area contributed by atoms with Crippen molar-refractivity contribution in [2.45, 2.75) is 4.90 Å². The first kappa shape index (κ1) is 19.2. The quantitative estimate of drug-likeness (QED) is 0.646. The Morgan fingerprint density at radius 3 is 2.64 bits per heavy atom. The lowest BCUT2D eigenvalue weighted by Gasteiger charge is -2.23. The van der Waals surface area contributed by atoms with E-state index in [1.165, 1.54) is 24.1 Å². The predicted octanol–water partition coefficient (Wildman–Crippen LogP) is 1.79. The van der Waals surface area contributed by atoms with Gasteiger partial charge in [0.25, 0.3) is 10.0 Å². The molecule has 3 rings (SSSR count). The number of sulfonamides is 1. The van der Waals surface area contributed by atoms with Crippen LogP contribution >= 0.6 is 0 Å². The van der Waals surface area contributed by atoms with Crippen LogP contribution in [0.1, 0.15) is 5.56 Å². The van der Waals surface area contributed by atoms with Gasteiger partial charge in [-0.2, -0.15) is 5.10 Å². The molecule has 8 heteroatoms. The van der Waals surface area contributed by atoms with Gasteiger partial charge in [0, 0.05) is 12.6 Å². The molecular formula is C20H18N4O3S. The summed E-state index contributed by atoms with van der Waals surface area (Å²) in [6, 6.07) is 15.6. The molecule has 1 N–H and O–H groups in total. The number of nitrogens with one attached hydrogen (secondary N) is 1. The van der Waals surface area contributed by atoms with Crippen molar-refractivity contribution in [1.82, 2.24) is 15.1 Å². The van der Waals surface area contributed by atoms with Gasteiger partial charge in [0.2, 0.25) is 5.91 Å². The zero-order valence-electron chi connectivity index (χ0n) is 15.1. The summed E-state index contributed by atoms with van der Waals surface area (Å²) in [5, 5.41) is 6.58. The van der Waals surface area contributed by atoms with Crippen molar-refractivity contribution >= 4 is 21.6 Å². The lowest BCUT2D eigenvalue weighted by molar-refractivity contribution is -0.119. The minimum atomic E-state index is -4.05. The Kier molecular flexibility index (Phi) is 5.47. The molecule has 142 valence electrons. The van der Waals surface area contributed by atoms with Crippen LogP contribution in [0.25, 0.3) is 5.69 Å². The summed E-state index contributed by atoms with van der Waals surface area (Å²) in [6.07, 6.45) is 8.09. The number of amides is 1. The van der Waals surface area contributed by atoms with Crippen LogP contribution in [0, 0.1) is 12.3 Å². The fourth-order valence-corrected chi connectivity index (χ4v) is 3.91. The molecule has 0 aliphatic heterocycles. The molecule has 3 aromatic rings. The third-order valence-electron chi connectivity index (χ3n) is 4.03. The molecule has 1 aromatic heterocycles. The maximum Gasteiger partial charge on any atom is 0.267 e. The highest BCUT2D eigenvalue weighted by Gasteiger charge is 2.28. The van der Waals surface area contributed by atoms with Crippen molar-refractivity contribution in [2.75, 3.05) is 17.9 Å². The zero-order valence-corrected chi connectivity index (χ0v) is 15.9. The van der Waals surface area contributed by atoms with Crippen LogP contribution in [0.15, 0.2) is 71.9 Å². The summed E-state index contributed by atoms with van der Waals surface area (Å²) in [5.74, 6) is 2.01. The number of terminal acetylenes is 1. The van der Waals surface area contributed by atoms with E-state index in [-0.39, 0.29) is 11.4 Å². The number of aromatic nitrogens is 2. The highest BCUT2D eigenvalue weighted by Crippen LogP contribution is 2.24. The number of hydrogen-bond acceptors (Lipinski definition) is 4. The summed E-state index contributed by atoms with van der Waals surface area (Å²) >= 11 is 0. The smallest absolute Gasteiger partial charge is 0.267 e. The second kappa shape index (κ2) is 7.98. The maximum atomic E-state index is 13.3. The maximum absolute atomic E-state index is 13.3. The molecular weight excluding hydrogens is 376 g/mol. The van der Waals surface area contributed by atoms with Crippen molar-refractivity contribution in [3.8, 4) is 18.0 Å². The molecule has 28 heavy (non-hydrogen) atoms. The van der Waals surface area contributed by atoms with Crippen molar-refractivity contribution in [3.63, 3.8) is 0 Å². The number of rotatable bonds is 6. The molecule has 0 atom stereocenters. The van der Waals surface area contributed by atoms with Crippen molar-refractivity contribution in [1.29, 1.82) is 0 Å². The van der Waals surface area contributed by atoms with Crippen molar-refractivity contribution < 1.29 is 13.2 Å². The molecule has 1 heterocycles. The monoisotopic (exact) mass is 394 g/mol. The van der Waals surface area contributed by atoms with Crippen LogP contribution < -0.4 is 9.62 Å². The third-order valence-corrected chi connectivity index (χ3v) is 5.76. The number of carbonyl (C=O) groups is 1. The molecule has 0 radical (unpaired) electrons. The molecule has 0 bridgehead atoms. The van der Waals surface area contributed by atoms with E-state index in [9.17, 15) is 13.2 Å². The summed E-state index contributed by atoms with van der Waals surface area (Å²) in [4.78, 5) is 11.9. The van der Waals surface area contributed by atoms with Crippen LogP contribution in [-0.2, 0) is 14.8 Å². The zero-order chi connectivity index (χ0) is 20.1. The first-order valence-corrected chi connectivity index (χ1v) is 9.80. The standard InChI is InChI=1S/C20H18N4O3S/c1-3-16-8-7-11-18(12-16)24(15-20(25)21-2)28(26,27)19-13-22-23(14-19)17-9-5-4-6-10-17/h1,4-14H,15H2,2H3,(H,21,25). The number of benzene rings is 2. The number of para-hydroxylation sites is 1. The van der Waals surface area contributed by atoms with Gasteiger partial charge < -0.3 is 5.32 Å². The first-order chi connectivity index (χ1) is 13.5. The van der Waals surface area contributed by atoms with E-state index in [0.29, 0.717) is 11.3 Å². The normalized spacial score (nSPS) is 10.9. The van der Waals surface area contributed by atoms with E-state index < -0.39 is 15.9 Å². The number of likely N-dealkylation sites (N-methyl/N-ethyl adjacent to an activating group) is 1. The number of nitrogens with zero attached hydrogens (tertiary/aromatic N) is 3. The van der Waals surface area contributed by atoms with Crippen LogP contribution in [0.2, 0.25) is 0 Å². The molecule has 0 spiro atoms. The predicted molar refractivity (Wildman–Crippen MR) is 107 cm³/mol. The lowest BCUT2D eigenvalue weighted by atomic mass is 10.2. The van der Waals surface area contributed by atoms with Gasteiger partial charge in [-0.15, -0.1) is 6.42 Å². The second-order valence-corrected chi connectivity index (χ2v) is 7.70. The molecule has 0 unspecified atom stereocenters. The fourth-order valence-electron chi connectivity index (χ4n) is 2.56. The molecule has 1 amide bonds. The van der Waals surface area contributed by atoms with Crippen LogP contribution in [0.5, 0.6) is 0 Å². The summed E-state index contributed by atoms with van der Waals surface area (Å²) < 4.78 is 29.0. The van der Waals surface area contributed by atoms with E-state index in [0.717, 1.165) is 9.99 Å². The van der Waals surface area contributed by atoms with Gasteiger partial charge in [-0.05, 0) is 30.3 Å². The number of hydrogen-bond donors (Lipinski definition) is 1. The average molecular weight is 394 g/mol. The molecule has 0 saturated heterocycles.